The largest absolute Gasteiger partial charge is 0.367 e. The molecule has 4 nitrogen and oxygen atoms in total. The summed E-state index contributed by atoms with van der Waals surface area (Å²) in [5.41, 5.74) is 3.91. The lowest BCUT2D eigenvalue weighted by molar-refractivity contribution is 0.523. The summed E-state index contributed by atoms with van der Waals surface area (Å²) in [7, 11) is 0. The van der Waals surface area contributed by atoms with Crippen molar-refractivity contribution in [1.29, 1.82) is 5.26 Å². The Hall–Kier alpha value is -2.09. The van der Waals surface area contributed by atoms with E-state index in [0.717, 1.165) is 13.0 Å². The number of nitriles is 1. The zero-order valence-corrected chi connectivity index (χ0v) is 13.1. The lowest BCUT2D eigenvalue weighted by atomic mass is 9.94. The number of benzene rings is 1. The minimum atomic E-state index is 0.235. The van der Waals surface area contributed by atoms with E-state index in [1.165, 1.54) is 11.1 Å². The van der Waals surface area contributed by atoms with Gasteiger partial charge in [0.15, 0.2) is 0 Å². The SMILES string of the molecule is Cc1nc(NCC2NCCc3ccccc32)c(Cl)cc1C#N. The Bertz CT molecular complexity index is 736. The Kier molecular flexibility index (Phi) is 4.28. The van der Waals surface area contributed by atoms with Crippen molar-refractivity contribution in [3.05, 3.63) is 57.7 Å². The lowest BCUT2D eigenvalue weighted by Crippen LogP contribution is -2.34. The zero-order valence-electron chi connectivity index (χ0n) is 12.4. The number of aromatic nitrogens is 1. The van der Waals surface area contributed by atoms with Crippen molar-refractivity contribution in [2.45, 2.75) is 19.4 Å². The van der Waals surface area contributed by atoms with E-state index in [1.807, 2.05) is 6.92 Å². The fourth-order valence-corrected chi connectivity index (χ4v) is 3.01. The van der Waals surface area contributed by atoms with Gasteiger partial charge in [-0.2, -0.15) is 5.26 Å². The molecule has 112 valence electrons. The third-order valence-corrected chi connectivity index (χ3v) is 4.26. The molecule has 0 amide bonds. The quantitative estimate of drug-likeness (QED) is 0.913. The number of hydrogen-bond acceptors (Lipinski definition) is 4. The Labute approximate surface area is 135 Å². The molecule has 0 spiro atoms. The average molecular weight is 313 g/mol. The molecule has 2 aromatic rings. The molecule has 2 heterocycles. The van der Waals surface area contributed by atoms with Crippen LogP contribution < -0.4 is 10.6 Å². The van der Waals surface area contributed by atoms with Crippen LogP contribution in [-0.2, 0) is 6.42 Å². The molecule has 1 aliphatic heterocycles. The topological polar surface area (TPSA) is 60.7 Å². The van der Waals surface area contributed by atoms with Crippen LogP contribution in [0.2, 0.25) is 5.02 Å². The minimum absolute atomic E-state index is 0.235. The number of pyridine rings is 1. The van der Waals surface area contributed by atoms with E-state index in [2.05, 4.69) is 46.0 Å². The Morgan fingerprint density at radius 1 is 1.45 bits per heavy atom. The van der Waals surface area contributed by atoms with E-state index in [4.69, 9.17) is 16.9 Å². The highest BCUT2D eigenvalue weighted by molar-refractivity contribution is 6.33. The fraction of sp³-hybridized carbons (Fsp3) is 0.294. The Balaban J connectivity index is 1.77. The monoisotopic (exact) mass is 312 g/mol. The molecule has 0 fully saturated rings. The first-order valence-corrected chi connectivity index (χ1v) is 7.69. The predicted octanol–water partition coefficient (Wildman–Crippen LogP) is 3.21. The molecule has 1 aromatic heterocycles. The van der Waals surface area contributed by atoms with Crippen LogP contribution in [0.1, 0.15) is 28.4 Å². The van der Waals surface area contributed by atoms with E-state index >= 15 is 0 Å². The van der Waals surface area contributed by atoms with Gasteiger partial charge in [0.1, 0.15) is 11.9 Å². The fourth-order valence-electron chi connectivity index (χ4n) is 2.79. The van der Waals surface area contributed by atoms with Crippen molar-refractivity contribution in [3.63, 3.8) is 0 Å². The lowest BCUT2D eigenvalue weighted by Gasteiger charge is -2.27. The number of hydrogen-bond donors (Lipinski definition) is 2. The molecule has 0 saturated heterocycles. The molecule has 0 saturated carbocycles. The second-order valence-corrected chi connectivity index (χ2v) is 5.81. The molecule has 5 heteroatoms. The van der Waals surface area contributed by atoms with Gasteiger partial charge in [0.2, 0.25) is 0 Å². The number of anilines is 1. The van der Waals surface area contributed by atoms with Crippen LogP contribution in [0.25, 0.3) is 0 Å². The number of halogens is 1. The average Bonchev–Trinajstić information content (AvgIpc) is 2.55. The van der Waals surface area contributed by atoms with Crippen molar-refractivity contribution in [2.75, 3.05) is 18.4 Å². The smallest absolute Gasteiger partial charge is 0.145 e. The Morgan fingerprint density at radius 2 is 2.27 bits per heavy atom. The van der Waals surface area contributed by atoms with Crippen LogP contribution in [-0.4, -0.2) is 18.1 Å². The van der Waals surface area contributed by atoms with Gasteiger partial charge in [0.25, 0.3) is 0 Å². The first-order chi connectivity index (χ1) is 10.7. The molecular formula is C17H17ClN4. The molecule has 1 aromatic carbocycles. The Morgan fingerprint density at radius 3 is 3.09 bits per heavy atom. The predicted molar refractivity (Wildman–Crippen MR) is 88.1 cm³/mol. The van der Waals surface area contributed by atoms with Gasteiger partial charge in [-0.15, -0.1) is 0 Å². The summed E-state index contributed by atoms with van der Waals surface area (Å²) in [5.74, 6) is 0.628. The van der Waals surface area contributed by atoms with Gasteiger partial charge < -0.3 is 10.6 Å². The third-order valence-electron chi connectivity index (χ3n) is 3.98. The van der Waals surface area contributed by atoms with E-state index in [1.54, 1.807) is 6.07 Å². The van der Waals surface area contributed by atoms with Crippen molar-refractivity contribution >= 4 is 17.4 Å². The standard InChI is InChI=1S/C17H17ClN4/c1-11-13(9-19)8-15(18)17(22-11)21-10-16-14-5-3-2-4-12(14)6-7-20-16/h2-5,8,16,20H,6-7,10H2,1H3,(H,21,22). The molecular weight excluding hydrogens is 296 g/mol. The van der Waals surface area contributed by atoms with Crippen LogP contribution >= 0.6 is 11.6 Å². The summed E-state index contributed by atoms with van der Waals surface area (Å²) in [6.07, 6.45) is 1.06. The van der Waals surface area contributed by atoms with E-state index in [0.29, 0.717) is 28.6 Å². The van der Waals surface area contributed by atoms with Crippen LogP contribution in [0.3, 0.4) is 0 Å². The number of rotatable bonds is 3. The summed E-state index contributed by atoms with van der Waals surface area (Å²) in [6.45, 7) is 3.49. The third kappa shape index (κ3) is 2.92. The molecule has 0 bridgehead atoms. The summed E-state index contributed by atoms with van der Waals surface area (Å²) >= 11 is 6.20. The summed E-state index contributed by atoms with van der Waals surface area (Å²) in [5, 5.41) is 16.3. The van der Waals surface area contributed by atoms with Gasteiger partial charge in [-0.3, -0.25) is 0 Å². The number of nitrogens with one attached hydrogen (secondary N) is 2. The zero-order chi connectivity index (χ0) is 15.5. The van der Waals surface area contributed by atoms with Crippen molar-refractivity contribution in [1.82, 2.24) is 10.3 Å². The molecule has 2 N–H and O–H groups in total. The highest BCUT2D eigenvalue weighted by Crippen LogP contribution is 2.26. The van der Waals surface area contributed by atoms with Gasteiger partial charge in [-0.1, -0.05) is 35.9 Å². The first kappa shape index (κ1) is 14.8. The van der Waals surface area contributed by atoms with Crippen molar-refractivity contribution in [3.8, 4) is 6.07 Å². The van der Waals surface area contributed by atoms with Crippen LogP contribution in [0, 0.1) is 18.3 Å². The summed E-state index contributed by atoms with van der Waals surface area (Å²) < 4.78 is 0. The van der Waals surface area contributed by atoms with E-state index < -0.39 is 0 Å². The van der Waals surface area contributed by atoms with E-state index in [9.17, 15) is 0 Å². The molecule has 1 aliphatic rings. The van der Waals surface area contributed by atoms with Gasteiger partial charge in [0.05, 0.1) is 16.3 Å². The highest BCUT2D eigenvalue weighted by atomic mass is 35.5. The number of nitrogens with zero attached hydrogens (tertiary/aromatic N) is 2. The highest BCUT2D eigenvalue weighted by Gasteiger charge is 2.19. The minimum Gasteiger partial charge on any atom is -0.367 e. The van der Waals surface area contributed by atoms with Gasteiger partial charge >= 0.3 is 0 Å². The van der Waals surface area contributed by atoms with Gasteiger partial charge in [-0.05, 0) is 37.1 Å². The summed E-state index contributed by atoms with van der Waals surface area (Å²) in [6, 6.07) is 12.5. The number of aryl methyl sites for hydroxylation is 1. The molecule has 0 aliphatic carbocycles. The maximum atomic E-state index is 9.00. The van der Waals surface area contributed by atoms with Gasteiger partial charge in [-0.25, -0.2) is 4.98 Å². The van der Waals surface area contributed by atoms with Crippen molar-refractivity contribution in [2.24, 2.45) is 0 Å². The summed E-state index contributed by atoms with van der Waals surface area (Å²) in [4.78, 5) is 4.39. The normalized spacial score (nSPS) is 16.7. The first-order valence-electron chi connectivity index (χ1n) is 7.31. The van der Waals surface area contributed by atoms with Gasteiger partial charge in [0, 0.05) is 12.6 Å². The molecule has 3 rings (SSSR count). The molecule has 1 atom stereocenters. The van der Waals surface area contributed by atoms with Crippen LogP contribution in [0.5, 0.6) is 0 Å². The maximum Gasteiger partial charge on any atom is 0.145 e. The van der Waals surface area contributed by atoms with E-state index in [-0.39, 0.29) is 6.04 Å². The number of fused-ring (bicyclic) bond motifs is 1. The molecule has 22 heavy (non-hydrogen) atoms. The van der Waals surface area contributed by atoms with Crippen LogP contribution in [0.4, 0.5) is 5.82 Å². The maximum absolute atomic E-state index is 9.00. The second kappa shape index (κ2) is 6.35. The van der Waals surface area contributed by atoms with Crippen LogP contribution in [0.15, 0.2) is 30.3 Å². The second-order valence-electron chi connectivity index (χ2n) is 5.40. The molecule has 0 radical (unpaired) electrons. The molecule has 1 unspecified atom stereocenters. The van der Waals surface area contributed by atoms with Crippen molar-refractivity contribution < 1.29 is 0 Å².